The first-order valence-electron chi connectivity index (χ1n) is 6.18. The number of rotatable bonds is 4. The van der Waals surface area contributed by atoms with Gasteiger partial charge in [-0.25, -0.2) is 8.42 Å². The summed E-state index contributed by atoms with van der Waals surface area (Å²) in [7, 11) is -3.79. The van der Waals surface area contributed by atoms with Crippen molar-refractivity contribution in [1.29, 1.82) is 0 Å². The molecular weight excluding hydrogens is 284 g/mol. The van der Waals surface area contributed by atoms with Gasteiger partial charge in [-0.2, -0.15) is 4.31 Å². The molecule has 1 fully saturated rings. The van der Waals surface area contributed by atoms with E-state index in [9.17, 15) is 23.3 Å². The van der Waals surface area contributed by atoms with E-state index in [1.165, 1.54) is 16.4 Å². The van der Waals surface area contributed by atoms with E-state index < -0.39 is 21.0 Å². The van der Waals surface area contributed by atoms with Gasteiger partial charge < -0.3 is 4.79 Å². The van der Waals surface area contributed by atoms with Crippen molar-refractivity contribution in [2.24, 2.45) is 0 Å². The lowest BCUT2D eigenvalue weighted by Gasteiger charge is -2.31. The molecule has 2 rings (SSSR count). The maximum absolute atomic E-state index is 12.4. The number of piperidine rings is 1. The summed E-state index contributed by atoms with van der Waals surface area (Å²) in [5.74, 6) is 0. The number of hydrogen-bond acceptors (Lipinski definition) is 5. The Balaban J connectivity index is 2.33. The Kier molecular flexibility index (Phi) is 4.15. The largest absolute Gasteiger partial charge is 0.302 e. The zero-order valence-electron chi connectivity index (χ0n) is 10.6. The van der Waals surface area contributed by atoms with E-state index in [-0.39, 0.29) is 10.6 Å². The number of aldehydes is 1. The predicted octanol–water partition coefficient (Wildman–Crippen LogP) is 1.34. The first-order valence-corrected chi connectivity index (χ1v) is 7.62. The minimum Gasteiger partial charge on any atom is -0.302 e. The normalized spacial score (nSPS) is 20.5. The summed E-state index contributed by atoms with van der Waals surface area (Å²) >= 11 is 0. The van der Waals surface area contributed by atoms with Gasteiger partial charge in [0.05, 0.1) is 15.9 Å². The van der Waals surface area contributed by atoms with Crippen LogP contribution in [0, 0.1) is 10.1 Å². The molecule has 1 aliphatic rings. The molecule has 1 aromatic carbocycles. The van der Waals surface area contributed by atoms with E-state index in [0.717, 1.165) is 18.6 Å². The van der Waals surface area contributed by atoms with Gasteiger partial charge in [0.2, 0.25) is 10.0 Å². The molecule has 0 saturated carbocycles. The minimum absolute atomic E-state index is 0.0307. The van der Waals surface area contributed by atoms with Crippen LogP contribution < -0.4 is 0 Å². The van der Waals surface area contributed by atoms with Crippen LogP contribution in [0.1, 0.15) is 19.3 Å². The lowest BCUT2D eigenvalue weighted by molar-refractivity contribution is -0.384. The minimum atomic E-state index is -3.79. The molecule has 1 heterocycles. The van der Waals surface area contributed by atoms with Crippen molar-refractivity contribution in [3.8, 4) is 0 Å². The van der Waals surface area contributed by atoms with Crippen molar-refractivity contribution in [1.82, 2.24) is 4.31 Å². The maximum atomic E-state index is 12.4. The average molecular weight is 298 g/mol. The number of nitrogens with zero attached hydrogens (tertiary/aromatic N) is 2. The van der Waals surface area contributed by atoms with Crippen molar-refractivity contribution in [2.75, 3.05) is 6.54 Å². The van der Waals surface area contributed by atoms with E-state index in [1.807, 2.05) is 0 Å². The SMILES string of the molecule is O=CC1CCCCN1S(=O)(=O)c1ccc([N+](=O)[O-])cc1. The third-order valence-corrected chi connectivity index (χ3v) is 5.25. The molecule has 0 amide bonds. The summed E-state index contributed by atoms with van der Waals surface area (Å²) in [6.45, 7) is 0.294. The third kappa shape index (κ3) is 2.70. The summed E-state index contributed by atoms with van der Waals surface area (Å²) in [4.78, 5) is 20.9. The topological polar surface area (TPSA) is 97.6 Å². The summed E-state index contributed by atoms with van der Waals surface area (Å²) in [5.41, 5.74) is -0.172. The van der Waals surface area contributed by atoms with Gasteiger partial charge in [-0.1, -0.05) is 6.42 Å². The molecule has 0 aliphatic carbocycles. The Morgan fingerprint density at radius 3 is 2.45 bits per heavy atom. The number of non-ortho nitro benzene ring substituents is 1. The Morgan fingerprint density at radius 2 is 1.90 bits per heavy atom. The number of benzene rings is 1. The van der Waals surface area contributed by atoms with Gasteiger partial charge in [0, 0.05) is 18.7 Å². The zero-order chi connectivity index (χ0) is 14.8. The zero-order valence-corrected chi connectivity index (χ0v) is 11.5. The fraction of sp³-hybridized carbons (Fsp3) is 0.417. The molecule has 0 aromatic heterocycles. The fourth-order valence-electron chi connectivity index (χ4n) is 2.24. The molecule has 1 saturated heterocycles. The standard InChI is InChI=1S/C12H14N2O5S/c15-9-11-3-1-2-8-13(11)20(18,19)12-6-4-10(5-7-12)14(16)17/h4-7,9,11H,1-3,8H2. The molecular formula is C12H14N2O5S. The fourth-order valence-corrected chi connectivity index (χ4v) is 3.87. The second-order valence-electron chi connectivity index (χ2n) is 4.57. The van der Waals surface area contributed by atoms with E-state index in [4.69, 9.17) is 0 Å². The van der Waals surface area contributed by atoms with Crippen molar-refractivity contribution >= 4 is 22.0 Å². The second kappa shape index (κ2) is 5.68. The molecule has 0 bridgehead atoms. The lowest BCUT2D eigenvalue weighted by atomic mass is 10.1. The first-order chi connectivity index (χ1) is 9.46. The van der Waals surface area contributed by atoms with Gasteiger partial charge in [-0.05, 0) is 25.0 Å². The van der Waals surface area contributed by atoms with Gasteiger partial charge in [0.15, 0.2) is 0 Å². The van der Waals surface area contributed by atoms with Crippen molar-refractivity contribution in [3.05, 3.63) is 34.4 Å². The highest BCUT2D eigenvalue weighted by Gasteiger charge is 2.33. The van der Waals surface area contributed by atoms with Crippen LogP contribution in [0.25, 0.3) is 0 Å². The summed E-state index contributed by atoms with van der Waals surface area (Å²) < 4.78 is 26.0. The molecule has 0 spiro atoms. The van der Waals surface area contributed by atoms with Crippen LogP contribution in [0.4, 0.5) is 5.69 Å². The van der Waals surface area contributed by atoms with E-state index in [1.54, 1.807) is 0 Å². The molecule has 108 valence electrons. The molecule has 7 nitrogen and oxygen atoms in total. The molecule has 1 atom stereocenters. The van der Waals surface area contributed by atoms with Crippen LogP contribution in [-0.2, 0) is 14.8 Å². The molecule has 0 N–H and O–H groups in total. The third-order valence-electron chi connectivity index (χ3n) is 3.31. The number of hydrogen-bond donors (Lipinski definition) is 0. The first kappa shape index (κ1) is 14.6. The van der Waals surface area contributed by atoms with Gasteiger partial charge in [-0.15, -0.1) is 0 Å². The highest BCUT2D eigenvalue weighted by atomic mass is 32.2. The highest BCUT2D eigenvalue weighted by molar-refractivity contribution is 7.89. The van der Waals surface area contributed by atoms with Crippen LogP contribution in [-0.4, -0.2) is 36.5 Å². The molecule has 20 heavy (non-hydrogen) atoms. The quantitative estimate of drug-likeness (QED) is 0.474. The summed E-state index contributed by atoms with van der Waals surface area (Å²) in [6.07, 6.45) is 2.67. The smallest absolute Gasteiger partial charge is 0.269 e. The maximum Gasteiger partial charge on any atom is 0.269 e. The number of carbonyl (C=O) groups excluding carboxylic acids is 1. The summed E-state index contributed by atoms with van der Waals surface area (Å²) in [6, 6.07) is 4.04. The van der Waals surface area contributed by atoms with Crippen molar-refractivity contribution in [2.45, 2.75) is 30.2 Å². The second-order valence-corrected chi connectivity index (χ2v) is 6.46. The molecule has 1 aliphatic heterocycles. The molecule has 0 radical (unpaired) electrons. The highest BCUT2D eigenvalue weighted by Crippen LogP contribution is 2.25. The van der Waals surface area contributed by atoms with Crippen LogP contribution >= 0.6 is 0 Å². The van der Waals surface area contributed by atoms with Crippen molar-refractivity contribution < 1.29 is 18.1 Å². The predicted molar refractivity (Wildman–Crippen MR) is 70.7 cm³/mol. The molecule has 1 aromatic rings. The van der Waals surface area contributed by atoms with Gasteiger partial charge in [0.1, 0.15) is 6.29 Å². The molecule has 1 unspecified atom stereocenters. The number of nitro groups is 1. The van der Waals surface area contributed by atoms with Gasteiger partial charge >= 0.3 is 0 Å². The molecule has 8 heteroatoms. The monoisotopic (exact) mass is 298 g/mol. The van der Waals surface area contributed by atoms with Crippen LogP contribution in [0.2, 0.25) is 0 Å². The van der Waals surface area contributed by atoms with Crippen LogP contribution in [0.5, 0.6) is 0 Å². The Morgan fingerprint density at radius 1 is 1.25 bits per heavy atom. The van der Waals surface area contributed by atoms with E-state index in [2.05, 4.69) is 0 Å². The van der Waals surface area contributed by atoms with Crippen molar-refractivity contribution in [3.63, 3.8) is 0 Å². The Labute approximate surface area is 116 Å². The van der Waals surface area contributed by atoms with E-state index in [0.29, 0.717) is 25.7 Å². The van der Waals surface area contributed by atoms with Gasteiger partial charge in [0.25, 0.3) is 5.69 Å². The van der Waals surface area contributed by atoms with Gasteiger partial charge in [-0.3, -0.25) is 10.1 Å². The number of nitro benzene ring substituents is 1. The van der Waals surface area contributed by atoms with E-state index >= 15 is 0 Å². The lowest BCUT2D eigenvalue weighted by Crippen LogP contribution is -2.44. The number of carbonyl (C=O) groups is 1. The van der Waals surface area contributed by atoms with Crippen LogP contribution in [0.15, 0.2) is 29.2 Å². The summed E-state index contributed by atoms with van der Waals surface area (Å²) in [5, 5.41) is 10.6. The van der Waals surface area contributed by atoms with Crippen LogP contribution in [0.3, 0.4) is 0 Å². The average Bonchev–Trinajstić information content (AvgIpc) is 2.47. The Bertz CT molecular complexity index is 611. The number of sulfonamides is 1. The Hall–Kier alpha value is -1.80.